The van der Waals surface area contributed by atoms with E-state index in [-0.39, 0.29) is 28.6 Å². The lowest BCUT2D eigenvalue weighted by Crippen LogP contribution is -2.54. The first-order valence-electron chi connectivity index (χ1n) is 14.0. The van der Waals surface area contributed by atoms with Crippen molar-refractivity contribution >= 4 is 39.1 Å². The number of halogens is 1. The van der Waals surface area contributed by atoms with Gasteiger partial charge in [0, 0.05) is 29.2 Å². The Morgan fingerprint density at radius 1 is 0.867 bits per heavy atom. The Balaban J connectivity index is 2.19. The molecule has 2 amide bonds. The Hall–Kier alpha value is -4.16. The van der Waals surface area contributed by atoms with E-state index in [0.29, 0.717) is 22.1 Å². The molecule has 0 bridgehead atoms. The topological polar surface area (TPSA) is 124 Å². The quantitative estimate of drug-likeness (QED) is 0.274. The summed E-state index contributed by atoms with van der Waals surface area (Å²) in [5.41, 5.74) is 0.0435. The van der Waals surface area contributed by atoms with Crippen molar-refractivity contribution in [1.29, 1.82) is 0 Å². The summed E-state index contributed by atoms with van der Waals surface area (Å²) in [6.45, 7) is 6.29. The largest absolute Gasteiger partial charge is 0.497 e. The van der Waals surface area contributed by atoms with Crippen LogP contribution in [0.1, 0.15) is 33.3 Å². The van der Waals surface area contributed by atoms with E-state index in [9.17, 15) is 18.0 Å². The average Bonchev–Trinajstić information content (AvgIpc) is 3.01. The highest BCUT2D eigenvalue weighted by Crippen LogP contribution is 2.38. The highest BCUT2D eigenvalue weighted by molar-refractivity contribution is 7.92. The predicted molar refractivity (Wildman–Crippen MR) is 173 cm³/mol. The van der Waals surface area contributed by atoms with Gasteiger partial charge in [0.2, 0.25) is 11.8 Å². The minimum atomic E-state index is -4.47. The zero-order chi connectivity index (χ0) is 33.5. The zero-order valence-electron chi connectivity index (χ0n) is 26.7. The van der Waals surface area contributed by atoms with Gasteiger partial charge in [0.25, 0.3) is 10.0 Å². The molecule has 0 radical (unpaired) electrons. The second-order valence-corrected chi connectivity index (χ2v) is 13.4. The van der Waals surface area contributed by atoms with Crippen LogP contribution in [0.5, 0.6) is 23.0 Å². The molecule has 244 valence electrons. The Morgan fingerprint density at radius 2 is 1.49 bits per heavy atom. The van der Waals surface area contributed by atoms with Gasteiger partial charge in [0.15, 0.2) is 11.5 Å². The highest BCUT2D eigenvalue weighted by atomic mass is 35.5. The SMILES string of the molecule is COc1ccc(OC)c(N(CC(=O)N(Cc2ccccc2Cl)C(C)C(=O)NC(C)(C)C)S(=O)(=O)c2ccc(OC)c(OC)c2)c1. The molecule has 3 rings (SSSR count). The molecule has 45 heavy (non-hydrogen) atoms. The van der Waals surface area contributed by atoms with Gasteiger partial charge in [-0.15, -0.1) is 0 Å². The normalized spacial score (nSPS) is 12.1. The summed E-state index contributed by atoms with van der Waals surface area (Å²) >= 11 is 6.45. The van der Waals surface area contributed by atoms with Crippen molar-refractivity contribution in [1.82, 2.24) is 10.2 Å². The van der Waals surface area contributed by atoms with Gasteiger partial charge in [0.05, 0.1) is 39.0 Å². The molecule has 1 N–H and O–H groups in total. The number of methoxy groups -OCH3 is 4. The summed E-state index contributed by atoms with van der Waals surface area (Å²) in [5.74, 6) is -0.0880. The molecule has 0 saturated heterocycles. The molecule has 0 aliphatic rings. The fourth-order valence-corrected chi connectivity index (χ4v) is 6.10. The van der Waals surface area contributed by atoms with Crippen molar-refractivity contribution in [2.45, 2.75) is 50.7 Å². The second kappa shape index (κ2) is 14.7. The first-order chi connectivity index (χ1) is 21.2. The predicted octanol–water partition coefficient (Wildman–Crippen LogP) is 4.90. The number of amides is 2. The number of sulfonamides is 1. The molecule has 0 saturated carbocycles. The Bertz CT molecular complexity index is 1620. The number of rotatable bonds is 13. The maximum Gasteiger partial charge on any atom is 0.265 e. The van der Waals surface area contributed by atoms with Crippen LogP contribution in [0.2, 0.25) is 5.02 Å². The van der Waals surface area contributed by atoms with Crippen molar-refractivity contribution in [3.8, 4) is 23.0 Å². The van der Waals surface area contributed by atoms with Crippen LogP contribution >= 0.6 is 11.6 Å². The molecule has 0 heterocycles. The first-order valence-corrected chi connectivity index (χ1v) is 15.8. The van der Waals surface area contributed by atoms with E-state index in [1.165, 1.54) is 63.7 Å². The monoisotopic (exact) mass is 661 g/mol. The van der Waals surface area contributed by atoms with Crippen LogP contribution in [0.25, 0.3) is 0 Å². The van der Waals surface area contributed by atoms with Gasteiger partial charge in [-0.25, -0.2) is 8.42 Å². The molecule has 0 spiro atoms. The molecule has 0 aliphatic heterocycles. The molecule has 0 aromatic heterocycles. The van der Waals surface area contributed by atoms with E-state index in [1.54, 1.807) is 37.3 Å². The Kier molecular flexibility index (Phi) is 11.6. The van der Waals surface area contributed by atoms with Crippen molar-refractivity contribution in [3.63, 3.8) is 0 Å². The van der Waals surface area contributed by atoms with E-state index < -0.39 is 40.0 Å². The van der Waals surface area contributed by atoms with Crippen LogP contribution in [0, 0.1) is 0 Å². The molecular formula is C32H40ClN3O8S. The average molecular weight is 662 g/mol. The third-order valence-corrected chi connectivity index (χ3v) is 8.97. The minimum absolute atomic E-state index is 0.0458. The number of hydrogen-bond acceptors (Lipinski definition) is 8. The third-order valence-electron chi connectivity index (χ3n) is 6.84. The maximum absolute atomic E-state index is 14.4. The number of carbonyl (C=O) groups is 2. The number of carbonyl (C=O) groups excluding carboxylic acids is 2. The van der Waals surface area contributed by atoms with Crippen molar-refractivity contribution in [3.05, 3.63) is 71.2 Å². The molecule has 1 unspecified atom stereocenters. The minimum Gasteiger partial charge on any atom is -0.497 e. The van der Waals surface area contributed by atoms with Crippen molar-refractivity contribution < 1.29 is 37.0 Å². The van der Waals surface area contributed by atoms with E-state index >= 15 is 0 Å². The summed E-state index contributed by atoms with van der Waals surface area (Å²) in [7, 11) is 1.17. The summed E-state index contributed by atoms with van der Waals surface area (Å²) in [5, 5.41) is 3.28. The van der Waals surface area contributed by atoms with Crippen molar-refractivity contribution in [2.75, 3.05) is 39.3 Å². The van der Waals surface area contributed by atoms with E-state index in [0.717, 1.165) is 4.31 Å². The summed E-state index contributed by atoms with van der Waals surface area (Å²) in [6, 6.07) is 14.6. The summed E-state index contributed by atoms with van der Waals surface area (Å²) < 4.78 is 51.2. The molecule has 3 aromatic carbocycles. The lowest BCUT2D eigenvalue weighted by Gasteiger charge is -2.34. The molecule has 0 fully saturated rings. The number of benzene rings is 3. The number of nitrogens with zero attached hydrogens (tertiary/aromatic N) is 2. The van der Waals surface area contributed by atoms with Gasteiger partial charge < -0.3 is 29.2 Å². The lowest BCUT2D eigenvalue weighted by molar-refractivity contribution is -0.140. The number of nitrogens with one attached hydrogen (secondary N) is 1. The molecule has 11 nitrogen and oxygen atoms in total. The van der Waals surface area contributed by atoms with Gasteiger partial charge in [0.1, 0.15) is 24.1 Å². The molecule has 13 heteroatoms. The number of ether oxygens (including phenoxy) is 4. The van der Waals surface area contributed by atoms with E-state index in [1.807, 2.05) is 20.8 Å². The Morgan fingerprint density at radius 3 is 2.07 bits per heavy atom. The molecule has 3 aromatic rings. The molecular weight excluding hydrogens is 622 g/mol. The summed E-state index contributed by atoms with van der Waals surface area (Å²) in [6.07, 6.45) is 0. The van der Waals surface area contributed by atoms with E-state index in [4.69, 9.17) is 30.5 Å². The molecule has 0 aliphatic carbocycles. The third kappa shape index (κ3) is 8.52. The second-order valence-electron chi connectivity index (χ2n) is 11.1. The number of anilines is 1. The van der Waals surface area contributed by atoms with Gasteiger partial charge in [-0.05, 0) is 63.6 Å². The fraction of sp³-hybridized carbons (Fsp3) is 0.375. The van der Waals surface area contributed by atoms with Crippen LogP contribution in [0.15, 0.2) is 65.6 Å². The van der Waals surface area contributed by atoms with Crippen LogP contribution in [0.4, 0.5) is 5.69 Å². The smallest absolute Gasteiger partial charge is 0.265 e. The maximum atomic E-state index is 14.4. The highest BCUT2D eigenvalue weighted by Gasteiger charge is 2.35. The Labute approximate surface area is 270 Å². The van der Waals surface area contributed by atoms with Gasteiger partial charge in [-0.2, -0.15) is 0 Å². The standard InChI is InChI=1S/C32H40ClN3O8S/c1-21(31(38)34-32(2,3)4)35(19-22-11-9-10-12-25(22)33)30(37)20-36(26-17-23(41-5)13-15-27(26)42-6)45(39,40)24-14-16-28(43-7)29(18-24)44-8/h9-18,21H,19-20H2,1-8H3,(H,34,38). The van der Waals surface area contributed by atoms with Crippen molar-refractivity contribution in [2.24, 2.45) is 0 Å². The molecule has 1 atom stereocenters. The zero-order valence-corrected chi connectivity index (χ0v) is 28.3. The van der Waals surface area contributed by atoms with Gasteiger partial charge in [-0.1, -0.05) is 29.8 Å². The van der Waals surface area contributed by atoms with Crippen LogP contribution in [-0.4, -0.2) is 71.7 Å². The van der Waals surface area contributed by atoms with E-state index in [2.05, 4.69) is 5.32 Å². The van der Waals surface area contributed by atoms with Gasteiger partial charge in [-0.3, -0.25) is 13.9 Å². The van der Waals surface area contributed by atoms with Crippen LogP contribution in [-0.2, 0) is 26.2 Å². The fourth-order valence-electron chi connectivity index (χ4n) is 4.48. The first kappa shape index (κ1) is 35.3. The van der Waals surface area contributed by atoms with Gasteiger partial charge >= 0.3 is 0 Å². The summed E-state index contributed by atoms with van der Waals surface area (Å²) in [4.78, 5) is 28.8. The van der Waals surface area contributed by atoms with Crippen LogP contribution < -0.4 is 28.6 Å². The lowest BCUT2D eigenvalue weighted by atomic mass is 10.1. The van der Waals surface area contributed by atoms with Crippen LogP contribution in [0.3, 0.4) is 0 Å². The number of hydrogen-bond donors (Lipinski definition) is 1.